The van der Waals surface area contributed by atoms with Crippen LogP contribution in [0.25, 0.3) is 0 Å². The molecule has 0 saturated carbocycles. The molecule has 1 fully saturated rings. The zero-order valence-electron chi connectivity index (χ0n) is 11.6. The molecule has 8 nitrogen and oxygen atoms in total. The third-order valence-corrected chi connectivity index (χ3v) is 7.87. The summed E-state index contributed by atoms with van der Waals surface area (Å²) in [4.78, 5) is 9.83. The van der Waals surface area contributed by atoms with Crippen molar-refractivity contribution in [3.63, 3.8) is 0 Å². The van der Waals surface area contributed by atoms with Gasteiger partial charge in [-0.05, 0) is 0 Å². The van der Waals surface area contributed by atoms with Crippen LogP contribution in [-0.2, 0) is 33.2 Å². The number of sulfone groups is 2. The molecular formula is C9H20O8PS2+. The van der Waals surface area contributed by atoms with Crippen LogP contribution < -0.4 is 0 Å². The van der Waals surface area contributed by atoms with Gasteiger partial charge >= 0.3 is 8.17 Å². The van der Waals surface area contributed by atoms with Crippen molar-refractivity contribution in [2.24, 2.45) is 0 Å². The van der Waals surface area contributed by atoms with Gasteiger partial charge in [-0.1, -0.05) is 13.8 Å². The molecule has 2 atom stereocenters. The van der Waals surface area contributed by atoms with Gasteiger partial charge in [-0.25, -0.2) is 16.8 Å². The lowest BCUT2D eigenvalue weighted by molar-refractivity contribution is 0.170. The van der Waals surface area contributed by atoms with Crippen LogP contribution in [0.15, 0.2) is 0 Å². The van der Waals surface area contributed by atoms with Crippen molar-refractivity contribution < 1.29 is 35.3 Å². The van der Waals surface area contributed by atoms with Gasteiger partial charge in [0.15, 0.2) is 31.9 Å². The minimum Gasteiger partial charge on any atom is -0.229 e. The summed E-state index contributed by atoms with van der Waals surface area (Å²) in [7, 11) is -9.30. The summed E-state index contributed by atoms with van der Waals surface area (Å²) >= 11 is 0. The molecule has 0 radical (unpaired) electrons. The third-order valence-electron chi connectivity index (χ3n) is 2.90. The molecule has 0 amide bonds. The fraction of sp³-hybridized carbons (Fsp3) is 1.00. The molecular weight excluding hydrogens is 331 g/mol. The largest absolute Gasteiger partial charge is 0.573 e. The van der Waals surface area contributed by atoms with Crippen LogP contribution in [0.5, 0.6) is 0 Å². The van der Waals surface area contributed by atoms with Crippen molar-refractivity contribution >= 4 is 27.8 Å². The second-order valence-corrected chi connectivity index (χ2v) is 10.9. The Labute approximate surface area is 119 Å². The first kappa shape index (κ1) is 18.2. The first-order valence-corrected chi connectivity index (χ1v) is 11.2. The summed E-state index contributed by atoms with van der Waals surface area (Å²) in [5, 5.41) is 0. The maximum atomic E-state index is 11.6. The molecule has 2 unspecified atom stereocenters. The number of hydrogen-bond donors (Lipinski definition) is 1. The van der Waals surface area contributed by atoms with E-state index in [1.807, 2.05) is 0 Å². The van der Waals surface area contributed by atoms with Gasteiger partial charge in [-0.2, -0.15) is 9.42 Å². The van der Waals surface area contributed by atoms with Gasteiger partial charge in [0.2, 0.25) is 0 Å². The lowest BCUT2D eigenvalue weighted by Gasteiger charge is -2.11. The predicted octanol–water partition coefficient (Wildman–Crippen LogP) is -0.0439. The van der Waals surface area contributed by atoms with Crippen molar-refractivity contribution in [2.45, 2.75) is 26.1 Å². The van der Waals surface area contributed by atoms with Gasteiger partial charge in [-0.3, -0.25) is 0 Å². The average molecular weight is 351 g/mol. The fourth-order valence-corrected chi connectivity index (χ4v) is 5.17. The zero-order valence-corrected chi connectivity index (χ0v) is 14.1. The van der Waals surface area contributed by atoms with Crippen LogP contribution in [0.1, 0.15) is 13.8 Å². The Morgan fingerprint density at radius 2 is 1.35 bits per heavy atom. The standard InChI is InChI=1S/C9H20O8PS2/c1-4-19(11,12)6-8-9(7-20(13,14)5-2)17-18(10,15-3)16-8/h8-10H,4-7H2,1-3H3/q+1. The van der Waals surface area contributed by atoms with E-state index in [2.05, 4.69) is 4.52 Å². The summed E-state index contributed by atoms with van der Waals surface area (Å²) in [6.07, 6.45) is -2.11. The lowest BCUT2D eigenvalue weighted by atomic mass is 10.3. The summed E-state index contributed by atoms with van der Waals surface area (Å²) < 4.78 is 61.5. The first-order valence-electron chi connectivity index (χ1n) is 6.01. The van der Waals surface area contributed by atoms with E-state index >= 15 is 0 Å². The molecule has 0 spiro atoms. The van der Waals surface area contributed by atoms with Crippen LogP contribution in [0.3, 0.4) is 0 Å². The molecule has 1 aliphatic rings. The minimum atomic E-state index is -3.64. The summed E-state index contributed by atoms with van der Waals surface area (Å²) in [5.41, 5.74) is 0. The molecule has 1 rings (SSSR count). The highest BCUT2D eigenvalue weighted by Crippen LogP contribution is 2.64. The molecule has 1 aliphatic heterocycles. The van der Waals surface area contributed by atoms with Crippen molar-refractivity contribution in [1.82, 2.24) is 0 Å². The molecule has 20 heavy (non-hydrogen) atoms. The molecule has 0 bridgehead atoms. The smallest absolute Gasteiger partial charge is 0.229 e. The van der Waals surface area contributed by atoms with E-state index in [1.54, 1.807) is 0 Å². The maximum absolute atomic E-state index is 11.6. The van der Waals surface area contributed by atoms with Gasteiger partial charge in [0.1, 0.15) is 0 Å². The Hall–Kier alpha value is 0.170. The Balaban J connectivity index is 2.93. The van der Waals surface area contributed by atoms with E-state index in [0.717, 1.165) is 7.11 Å². The van der Waals surface area contributed by atoms with Gasteiger partial charge in [0, 0.05) is 11.5 Å². The molecule has 1 heterocycles. The van der Waals surface area contributed by atoms with Crippen LogP contribution in [0.2, 0.25) is 0 Å². The normalized spacial score (nSPS) is 31.6. The summed E-state index contributed by atoms with van der Waals surface area (Å²) in [5.74, 6) is -1.05. The van der Waals surface area contributed by atoms with E-state index in [0.29, 0.717) is 0 Å². The highest BCUT2D eigenvalue weighted by Gasteiger charge is 2.60. The highest BCUT2D eigenvalue weighted by atomic mass is 32.2. The minimum absolute atomic E-state index is 0.107. The van der Waals surface area contributed by atoms with E-state index in [9.17, 15) is 21.7 Å². The second kappa shape index (κ2) is 6.51. The van der Waals surface area contributed by atoms with Crippen molar-refractivity contribution in [2.75, 3.05) is 30.1 Å². The Kier molecular flexibility index (Phi) is 5.93. The second-order valence-electron chi connectivity index (χ2n) is 4.34. The highest BCUT2D eigenvalue weighted by molar-refractivity contribution is 7.91. The van der Waals surface area contributed by atoms with E-state index in [-0.39, 0.29) is 11.5 Å². The van der Waals surface area contributed by atoms with E-state index < -0.39 is 51.6 Å². The Morgan fingerprint density at radius 3 is 1.60 bits per heavy atom. The zero-order chi connectivity index (χ0) is 15.6. The molecule has 0 aromatic heterocycles. The van der Waals surface area contributed by atoms with Crippen molar-refractivity contribution in [3.05, 3.63) is 0 Å². The molecule has 0 aromatic rings. The molecule has 1 saturated heterocycles. The molecule has 1 N–H and O–H groups in total. The molecule has 0 aliphatic carbocycles. The SMILES string of the molecule is CCS(=O)(=O)CC1O[P+](O)(OC)OC1CS(=O)(=O)CC. The third kappa shape index (κ3) is 4.87. The quantitative estimate of drug-likeness (QED) is 0.635. The Bertz CT molecular complexity index is 484. The summed E-state index contributed by atoms with van der Waals surface area (Å²) in [6, 6.07) is 0. The molecule has 11 heteroatoms. The average Bonchev–Trinajstić information content (AvgIpc) is 2.65. The topological polar surface area (TPSA) is 116 Å². The van der Waals surface area contributed by atoms with Crippen LogP contribution in [-0.4, -0.2) is 64.1 Å². The lowest BCUT2D eigenvalue weighted by Crippen LogP contribution is -2.36. The predicted molar refractivity (Wildman–Crippen MR) is 74.5 cm³/mol. The van der Waals surface area contributed by atoms with Crippen LogP contribution in [0, 0.1) is 0 Å². The van der Waals surface area contributed by atoms with E-state index in [1.165, 1.54) is 13.8 Å². The molecule has 120 valence electrons. The maximum Gasteiger partial charge on any atom is 0.573 e. The van der Waals surface area contributed by atoms with Crippen molar-refractivity contribution in [1.29, 1.82) is 0 Å². The van der Waals surface area contributed by atoms with Gasteiger partial charge < -0.3 is 0 Å². The Morgan fingerprint density at radius 1 is 1.00 bits per heavy atom. The van der Waals surface area contributed by atoms with Gasteiger partial charge in [0.25, 0.3) is 0 Å². The number of hydrogen-bond acceptors (Lipinski definition) is 8. The summed E-state index contributed by atoms with van der Waals surface area (Å²) in [6.45, 7) is 2.95. The van der Waals surface area contributed by atoms with Crippen LogP contribution in [0.4, 0.5) is 0 Å². The first-order chi connectivity index (χ1) is 9.06. The van der Waals surface area contributed by atoms with Gasteiger partial charge in [0.05, 0.1) is 18.6 Å². The van der Waals surface area contributed by atoms with Crippen molar-refractivity contribution in [3.8, 4) is 0 Å². The van der Waals surface area contributed by atoms with Gasteiger partial charge in [-0.15, -0.1) is 9.05 Å². The van der Waals surface area contributed by atoms with E-state index in [4.69, 9.17) is 9.05 Å². The monoisotopic (exact) mass is 351 g/mol. The number of rotatable bonds is 7. The molecule has 0 aromatic carbocycles. The van der Waals surface area contributed by atoms with Crippen LogP contribution >= 0.6 is 8.17 Å². The fourth-order valence-electron chi connectivity index (χ4n) is 1.60.